The molecule has 0 radical (unpaired) electrons. The third kappa shape index (κ3) is 4.00. The summed E-state index contributed by atoms with van der Waals surface area (Å²) in [6.45, 7) is 3.15. The highest BCUT2D eigenvalue weighted by Gasteiger charge is 2.16. The Morgan fingerprint density at radius 3 is 2.58 bits per heavy atom. The first kappa shape index (κ1) is 19.3. The lowest BCUT2D eigenvalue weighted by Crippen LogP contribution is -2.21. The Balaban J connectivity index is 1.29. The summed E-state index contributed by atoms with van der Waals surface area (Å²) in [5.74, 6) is -0.0667. The Morgan fingerprint density at radius 2 is 1.84 bits per heavy atom. The summed E-state index contributed by atoms with van der Waals surface area (Å²) in [6, 6.07) is 22.1. The van der Waals surface area contributed by atoms with Gasteiger partial charge in [0.15, 0.2) is 0 Å². The van der Waals surface area contributed by atoms with Gasteiger partial charge in [0.2, 0.25) is 0 Å². The summed E-state index contributed by atoms with van der Waals surface area (Å²) in [5, 5.41) is 12.9. The Morgan fingerprint density at radius 1 is 1.03 bits per heavy atom. The Labute approximate surface area is 183 Å². The summed E-state index contributed by atoms with van der Waals surface area (Å²) in [4.78, 5) is 14.5. The first-order chi connectivity index (χ1) is 15.2. The van der Waals surface area contributed by atoms with Crippen molar-refractivity contribution in [2.45, 2.75) is 20.0 Å². The van der Waals surface area contributed by atoms with Crippen LogP contribution in [0.3, 0.4) is 0 Å². The molecular formula is C24H21N5OS. The number of rotatable bonds is 6. The minimum absolute atomic E-state index is 0.0667. The number of nitrogens with one attached hydrogen (secondary N) is 1. The van der Waals surface area contributed by atoms with Gasteiger partial charge in [-0.05, 0) is 42.3 Å². The molecule has 0 saturated carbocycles. The maximum atomic E-state index is 12.8. The van der Waals surface area contributed by atoms with E-state index in [4.69, 9.17) is 0 Å². The van der Waals surface area contributed by atoms with E-state index in [9.17, 15) is 4.79 Å². The number of hydrogen-bond acceptors (Lipinski definition) is 4. The van der Waals surface area contributed by atoms with Gasteiger partial charge in [0.1, 0.15) is 4.83 Å². The lowest BCUT2D eigenvalue weighted by Gasteiger charge is -2.06. The molecule has 6 nitrogen and oxygen atoms in total. The van der Waals surface area contributed by atoms with Gasteiger partial charge in [0, 0.05) is 24.3 Å². The van der Waals surface area contributed by atoms with Crippen molar-refractivity contribution in [1.82, 2.24) is 24.9 Å². The van der Waals surface area contributed by atoms with Gasteiger partial charge in [-0.25, -0.2) is 4.68 Å². The molecule has 1 N–H and O–H groups in total. The van der Waals surface area contributed by atoms with Crippen LogP contribution in [0.4, 0.5) is 0 Å². The van der Waals surface area contributed by atoms with Crippen molar-refractivity contribution in [3.8, 4) is 5.69 Å². The van der Waals surface area contributed by atoms with Crippen LogP contribution in [0.15, 0.2) is 79.1 Å². The van der Waals surface area contributed by atoms with Crippen LogP contribution in [0, 0.1) is 6.92 Å². The molecule has 3 aromatic heterocycles. The zero-order valence-electron chi connectivity index (χ0n) is 17.0. The van der Waals surface area contributed by atoms with Gasteiger partial charge < -0.3 is 5.32 Å². The number of aromatic nitrogens is 4. The number of fused-ring (bicyclic) bond motifs is 1. The second-order valence-corrected chi connectivity index (χ2v) is 8.39. The zero-order valence-corrected chi connectivity index (χ0v) is 17.8. The first-order valence-corrected chi connectivity index (χ1v) is 10.9. The van der Waals surface area contributed by atoms with Crippen LogP contribution >= 0.6 is 11.3 Å². The number of hydrogen-bond donors (Lipinski definition) is 1. The van der Waals surface area contributed by atoms with Crippen molar-refractivity contribution in [3.05, 3.63) is 101 Å². The van der Waals surface area contributed by atoms with Crippen molar-refractivity contribution in [3.63, 3.8) is 0 Å². The van der Waals surface area contributed by atoms with Gasteiger partial charge >= 0.3 is 0 Å². The minimum Gasteiger partial charge on any atom is -0.347 e. The van der Waals surface area contributed by atoms with E-state index in [1.165, 1.54) is 16.9 Å². The van der Waals surface area contributed by atoms with Crippen LogP contribution in [-0.4, -0.2) is 25.5 Å². The molecular weight excluding hydrogens is 406 g/mol. The minimum atomic E-state index is -0.0667. The highest BCUT2D eigenvalue weighted by Crippen LogP contribution is 2.29. The van der Waals surface area contributed by atoms with Crippen LogP contribution in [0.1, 0.15) is 26.5 Å². The van der Waals surface area contributed by atoms with Crippen LogP contribution in [0.5, 0.6) is 0 Å². The lowest BCUT2D eigenvalue weighted by atomic mass is 10.2. The monoisotopic (exact) mass is 427 g/mol. The fourth-order valence-electron chi connectivity index (χ4n) is 3.55. The molecule has 0 unspecified atom stereocenters. The predicted octanol–water partition coefficient (Wildman–Crippen LogP) is 4.57. The molecule has 0 saturated heterocycles. The molecule has 31 heavy (non-hydrogen) atoms. The zero-order chi connectivity index (χ0) is 21.2. The molecule has 0 spiro atoms. The molecule has 0 atom stereocenters. The predicted molar refractivity (Wildman–Crippen MR) is 123 cm³/mol. The third-order valence-corrected chi connectivity index (χ3v) is 6.31. The van der Waals surface area contributed by atoms with Crippen molar-refractivity contribution < 1.29 is 4.79 Å². The van der Waals surface area contributed by atoms with E-state index in [1.54, 1.807) is 10.9 Å². The van der Waals surface area contributed by atoms with Crippen molar-refractivity contribution in [2.75, 3.05) is 0 Å². The molecule has 2 aromatic carbocycles. The highest BCUT2D eigenvalue weighted by molar-refractivity contribution is 7.20. The number of benzene rings is 2. The fraction of sp³-hybridized carbons (Fsp3) is 0.125. The molecule has 0 bridgehead atoms. The van der Waals surface area contributed by atoms with Crippen molar-refractivity contribution >= 4 is 27.5 Å². The average Bonchev–Trinajstić information content (AvgIpc) is 3.53. The summed E-state index contributed by atoms with van der Waals surface area (Å²) in [5.41, 5.74) is 4.15. The molecule has 0 aliphatic heterocycles. The van der Waals surface area contributed by atoms with E-state index in [1.807, 2.05) is 72.4 Å². The molecule has 7 heteroatoms. The standard InChI is InChI=1S/C24H21N5OS/c1-17-21-14-22(31-24(21)29(27-17)16-19-6-3-2-4-7-19)23(30)25-15-18-8-10-20(11-9-18)28-13-5-12-26-28/h2-14H,15-16H2,1H3,(H,25,30). The van der Waals surface area contributed by atoms with Gasteiger partial charge in [-0.1, -0.05) is 42.5 Å². The molecule has 0 fully saturated rings. The van der Waals surface area contributed by atoms with Crippen LogP contribution in [-0.2, 0) is 13.1 Å². The van der Waals surface area contributed by atoms with Crippen molar-refractivity contribution in [1.29, 1.82) is 0 Å². The molecule has 154 valence electrons. The molecule has 3 heterocycles. The number of thiophene rings is 1. The summed E-state index contributed by atoms with van der Waals surface area (Å²) in [7, 11) is 0. The van der Waals surface area contributed by atoms with E-state index >= 15 is 0 Å². The van der Waals surface area contributed by atoms with Gasteiger partial charge in [-0.3, -0.25) is 9.48 Å². The molecule has 0 aliphatic rings. The highest BCUT2D eigenvalue weighted by atomic mass is 32.1. The van der Waals surface area contributed by atoms with Gasteiger partial charge in [-0.15, -0.1) is 11.3 Å². The second kappa shape index (κ2) is 8.20. The SMILES string of the molecule is Cc1nn(Cc2ccccc2)c2sc(C(=O)NCc3ccc(-n4cccn4)cc3)cc12. The Bertz CT molecular complexity index is 1320. The van der Waals surface area contributed by atoms with Crippen LogP contribution < -0.4 is 5.32 Å². The molecule has 1 amide bonds. The summed E-state index contributed by atoms with van der Waals surface area (Å²) in [6.07, 6.45) is 3.65. The normalized spacial score (nSPS) is 11.1. The topological polar surface area (TPSA) is 64.7 Å². The van der Waals surface area contributed by atoms with Gasteiger partial charge in [-0.2, -0.15) is 10.2 Å². The second-order valence-electron chi connectivity index (χ2n) is 7.36. The number of aryl methyl sites for hydroxylation is 1. The van der Waals surface area contributed by atoms with E-state index < -0.39 is 0 Å². The van der Waals surface area contributed by atoms with Crippen LogP contribution in [0.2, 0.25) is 0 Å². The average molecular weight is 428 g/mol. The van der Waals surface area contributed by atoms with Gasteiger partial charge in [0.05, 0.1) is 22.8 Å². The van der Waals surface area contributed by atoms with Crippen LogP contribution in [0.25, 0.3) is 15.9 Å². The van der Waals surface area contributed by atoms with E-state index in [-0.39, 0.29) is 5.91 Å². The number of carbonyl (C=O) groups excluding carboxylic acids is 1. The quantitative estimate of drug-likeness (QED) is 0.432. The maximum Gasteiger partial charge on any atom is 0.261 e. The van der Waals surface area contributed by atoms with Gasteiger partial charge in [0.25, 0.3) is 5.91 Å². The molecule has 5 rings (SSSR count). The number of amides is 1. The lowest BCUT2D eigenvalue weighted by molar-refractivity contribution is 0.0955. The number of carbonyl (C=O) groups is 1. The largest absolute Gasteiger partial charge is 0.347 e. The summed E-state index contributed by atoms with van der Waals surface area (Å²) < 4.78 is 3.79. The molecule has 5 aromatic rings. The fourth-order valence-corrected chi connectivity index (χ4v) is 4.62. The number of nitrogens with zero attached hydrogens (tertiary/aromatic N) is 4. The van der Waals surface area contributed by atoms with E-state index in [0.29, 0.717) is 18.0 Å². The first-order valence-electron chi connectivity index (χ1n) is 10.1. The van der Waals surface area contributed by atoms with Crippen molar-refractivity contribution in [2.24, 2.45) is 0 Å². The maximum absolute atomic E-state index is 12.8. The Hall–Kier alpha value is -3.71. The Kier molecular flexibility index (Phi) is 5.09. The van der Waals surface area contributed by atoms with E-state index in [2.05, 4.69) is 27.6 Å². The summed E-state index contributed by atoms with van der Waals surface area (Å²) >= 11 is 1.48. The smallest absolute Gasteiger partial charge is 0.261 e. The third-order valence-electron chi connectivity index (χ3n) is 5.16. The molecule has 0 aliphatic carbocycles. The van der Waals surface area contributed by atoms with E-state index in [0.717, 1.165) is 27.2 Å².